The predicted octanol–water partition coefficient (Wildman–Crippen LogP) is 3.60. The number of nitrogens with zero attached hydrogens (tertiary/aromatic N) is 6. The summed E-state index contributed by atoms with van der Waals surface area (Å²) in [5.74, 6) is -0.0142. The van der Waals surface area contributed by atoms with E-state index >= 15 is 0 Å². The van der Waals surface area contributed by atoms with E-state index in [0.717, 1.165) is 37.1 Å². The van der Waals surface area contributed by atoms with Crippen molar-refractivity contribution < 1.29 is 18.3 Å². The Hall–Kier alpha value is -4.26. The number of piperazine rings is 1. The Balaban J connectivity index is 1.29. The fourth-order valence-electron chi connectivity index (χ4n) is 4.37. The molecule has 1 aliphatic heterocycles. The molecular weight excluding hydrogens is 532 g/mol. The normalized spacial score (nSPS) is 14.4. The van der Waals surface area contributed by atoms with Crippen LogP contribution in [0.1, 0.15) is 32.2 Å². The standard InChI is InChI=1S/C28H37F2N9O2/c1-19-14-22(6-5-9-37-10-12-38(13-11-37)23-16-20(29)15-21(30)17-23)36-39(19)25-18-24(34-26(31)35-25)32-7-8-33-27(40)41-28(2,3)4/h5-6,14-18H,7-13H2,1-4H3,(H,33,40)(H3,31,32,34,35)/b6-5+. The zero-order chi connectivity index (χ0) is 29.6. The smallest absolute Gasteiger partial charge is 0.407 e. The molecule has 0 atom stereocenters. The summed E-state index contributed by atoms with van der Waals surface area (Å²) in [6.07, 6.45) is 3.50. The van der Waals surface area contributed by atoms with Crippen LogP contribution in [0.15, 0.2) is 36.4 Å². The molecule has 13 heteroatoms. The van der Waals surface area contributed by atoms with Gasteiger partial charge in [0.15, 0.2) is 5.82 Å². The first kappa shape index (κ1) is 29.7. The molecule has 2 aromatic heterocycles. The zero-order valence-corrected chi connectivity index (χ0v) is 23.8. The molecule has 1 amide bonds. The monoisotopic (exact) mass is 569 g/mol. The molecule has 0 radical (unpaired) electrons. The summed E-state index contributed by atoms with van der Waals surface area (Å²) in [5, 5.41) is 10.5. The van der Waals surface area contributed by atoms with Crippen LogP contribution in [0.4, 0.5) is 31.0 Å². The number of carbonyl (C=O) groups is 1. The van der Waals surface area contributed by atoms with E-state index in [9.17, 15) is 13.6 Å². The first-order valence-corrected chi connectivity index (χ1v) is 13.5. The highest BCUT2D eigenvalue weighted by Gasteiger charge is 2.18. The van der Waals surface area contributed by atoms with Crippen LogP contribution >= 0.6 is 0 Å². The lowest BCUT2D eigenvalue weighted by molar-refractivity contribution is 0.0530. The number of rotatable bonds is 9. The van der Waals surface area contributed by atoms with Gasteiger partial charge in [-0.2, -0.15) is 15.1 Å². The van der Waals surface area contributed by atoms with Crippen LogP contribution in [0.3, 0.4) is 0 Å². The van der Waals surface area contributed by atoms with E-state index in [2.05, 4.69) is 30.6 Å². The molecule has 3 heterocycles. The molecule has 0 spiro atoms. The van der Waals surface area contributed by atoms with Crippen molar-refractivity contribution in [2.24, 2.45) is 0 Å². The minimum atomic E-state index is -0.565. The van der Waals surface area contributed by atoms with Gasteiger partial charge in [-0.15, -0.1) is 0 Å². The van der Waals surface area contributed by atoms with Gasteiger partial charge in [0, 0.05) is 69.3 Å². The number of nitrogens with two attached hydrogens (primary N) is 1. The molecule has 4 rings (SSSR count). The molecular formula is C28H37F2N9O2. The van der Waals surface area contributed by atoms with Gasteiger partial charge in [0.05, 0.1) is 5.69 Å². The Morgan fingerprint density at radius 3 is 2.44 bits per heavy atom. The van der Waals surface area contributed by atoms with E-state index < -0.39 is 23.3 Å². The van der Waals surface area contributed by atoms with Crippen LogP contribution in [0.2, 0.25) is 0 Å². The topological polar surface area (TPSA) is 126 Å². The Bertz CT molecular complexity index is 1360. The Labute approximate surface area is 238 Å². The molecule has 0 saturated carbocycles. The van der Waals surface area contributed by atoms with Gasteiger partial charge in [-0.05, 0) is 52.0 Å². The Kier molecular flexibility index (Phi) is 9.38. The van der Waals surface area contributed by atoms with Crippen LogP contribution in [-0.4, -0.2) is 82.2 Å². The number of aromatic nitrogens is 4. The first-order valence-electron chi connectivity index (χ1n) is 13.5. The van der Waals surface area contributed by atoms with E-state index in [1.54, 1.807) is 31.5 Å². The lowest BCUT2D eigenvalue weighted by Crippen LogP contribution is -2.46. The zero-order valence-electron chi connectivity index (χ0n) is 23.8. The second-order valence-corrected chi connectivity index (χ2v) is 10.8. The van der Waals surface area contributed by atoms with Crippen molar-refractivity contribution in [1.29, 1.82) is 0 Å². The number of nitrogens with one attached hydrogen (secondary N) is 2. The molecule has 0 aliphatic carbocycles. The number of anilines is 3. The third-order valence-corrected chi connectivity index (χ3v) is 6.19. The summed E-state index contributed by atoms with van der Waals surface area (Å²) in [5.41, 5.74) is 7.59. The molecule has 0 bridgehead atoms. The van der Waals surface area contributed by atoms with Gasteiger partial charge >= 0.3 is 6.09 Å². The maximum Gasteiger partial charge on any atom is 0.407 e. The molecule has 1 aliphatic rings. The van der Waals surface area contributed by atoms with Gasteiger partial charge in [-0.3, -0.25) is 4.90 Å². The highest BCUT2D eigenvalue weighted by molar-refractivity contribution is 5.67. The van der Waals surface area contributed by atoms with E-state index in [1.807, 2.05) is 30.0 Å². The molecule has 11 nitrogen and oxygen atoms in total. The van der Waals surface area contributed by atoms with Gasteiger partial charge in [0.2, 0.25) is 5.95 Å². The molecule has 1 aromatic carbocycles. The molecule has 3 aromatic rings. The molecule has 0 unspecified atom stereocenters. The molecule has 1 fully saturated rings. The number of aryl methyl sites for hydroxylation is 1. The van der Waals surface area contributed by atoms with E-state index in [1.165, 1.54) is 12.1 Å². The number of ether oxygens (including phenoxy) is 1. The SMILES string of the molecule is Cc1cc(/C=C/CN2CCN(c3cc(F)cc(F)c3)CC2)nn1-c1cc(NCCNC(=O)OC(C)(C)C)nc(N)n1. The average Bonchev–Trinajstić information content (AvgIpc) is 3.25. The summed E-state index contributed by atoms with van der Waals surface area (Å²) in [6.45, 7) is 11.7. The van der Waals surface area contributed by atoms with Crippen molar-refractivity contribution in [3.05, 3.63) is 59.4 Å². The van der Waals surface area contributed by atoms with Crippen molar-refractivity contribution in [3.8, 4) is 5.82 Å². The number of benzene rings is 1. The molecule has 220 valence electrons. The minimum absolute atomic E-state index is 0.0946. The maximum absolute atomic E-state index is 13.6. The van der Waals surface area contributed by atoms with Crippen molar-refractivity contribution >= 4 is 29.6 Å². The van der Waals surface area contributed by atoms with E-state index in [0.29, 0.717) is 43.5 Å². The number of halogens is 2. The van der Waals surface area contributed by atoms with Gasteiger partial charge in [0.1, 0.15) is 23.1 Å². The van der Waals surface area contributed by atoms with Crippen LogP contribution < -0.4 is 21.3 Å². The minimum Gasteiger partial charge on any atom is -0.444 e. The van der Waals surface area contributed by atoms with Crippen LogP contribution in [-0.2, 0) is 4.74 Å². The fraction of sp³-hybridized carbons (Fsp3) is 0.429. The second kappa shape index (κ2) is 12.9. The lowest BCUT2D eigenvalue weighted by atomic mass is 10.2. The number of nitrogen functional groups attached to an aromatic ring is 1. The lowest BCUT2D eigenvalue weighted by Gasteiger charge is -2.35. The Morgan fingerprint density at radius 2 is 1.76 bits per heavy atom. The van der Waals surface area contributed by atoms with E-state index in [4.69, 9.17) is 10.5 Å². The van der Waals surface area contributed by atoms with Crippen LogP contribution in [0.5, 0.6) is 0 Å². The largest absolute Gasteiger partial charge is 0.444 e. The second-order valence-electron chi connectivity index (χ2n) is 10.8. The number of carbonyl (C=O) groups excluding carboxylic acids is 1. The maximum atomic E-state index is 13.6. The van der Waals surface area contributed by atoms with Crippen molar-refractivity contribution in [2.75, 3.05) is 61.8 Å². The first-order chi connectivity index (χ1) is 19.4. The molecule has 4 N–H and O–H groups in total. The summed E-state index contributed by atoms with van der Waals surface area (Å²) < 4.78 is 34.1. The fourth-order valence-corrected chi connectivity index (χ4v) is 4.37. The third kappa shape index (κ3) is 8.87. The number of hydrogen-bond donors (Lipinski definition) is 3. The quantitative estimate of drug-likeness (QED) is 0.331. The van der Waals surface area contributed by atoms with Gasteiger partial charge in [-0.25, -0.2) is 18.3 Å². The average molecular weight is 570 g/mol. The highest BCUT2D eigenvalue weighted by atomic mass is 19.1. The number of alkyl carbamates (subject to hydrolysis) is 1. The summed E-state index contributed by atoms with van der Waals surface area (Å²) in [7, 11) is 0. The summed E-state index contributed by atoms with van der Waals surface area (Å²) in [4.78, 5) is 24.6. The van der Waals surface area contributed by atoms with Crippen LogP contribution in [0.25, 0.3) is 11.9 Å². The predicted molar refractivity (Wildman–Crippen MR) is 155 cm³/mol. The van der Waals surface area contributed by atoms with Gasteiger partial charge < -0.3 is 26.0 Å². The van der Waals surface area contributed by atoms with E-state index in [-0.39, 0.29) is 5.95 Å². The summed E-state index contributed by atoms with van der Waals surface area (Å²) >= 11 is 0. The number of hydrogen-bond acceptors (Lipinski definition) is 9. The van der Waals surface area contributed by atoms with Crippen molar-refractivity contribution in [1.82, 2.24) is 30.0 Å². The Morgan fingerprint density at radius 1 is 1.05 bits per heavy atom. The van der Waals surface area contributed by atoms with Crippen molar-refractivity contribution in [2.45, 2.75) is 33.3 Å². The number of amides is 1. The van der Waals surface area contributed by atoms with Crippen LogP contribution in [0, 0.1) is 18.6 Å². The third-order valence-electron chi connectivity index (χ3n) is 6.19. The van der Waals surface area contributed by atoms with Crippen molar-refractivity contribution in [3.63, 3.8) is 0 Å². The highest BCUT2D eigenvalue weighted by Crippen LogP contribution is 2.20. The molecule has 41 heavy (non-hydrogen) atoms. The van der Waals surface area contributed by atoms with Gasteiger partial charge in [-0.1, -0.05) is 6.08 Å². The van der Waals surface area contributed by atoms with Gasteiger partial charge in [0.25, 0.3) is 0 Å². The summed E-state index contributed by atoms with van der Waals surface area (Å²) in [6, 6.07) is 7.31. The molecule has 1 saturated heterocycles.